The number of hydrogen-bond acceptors (Lipinski definition) is 3. The van der Waals surface area contributed by atoms with Crippen molar-refractivity contribution in [1.29, 1.82) is 0 Å². The zero-order chi connectivity index (χ0) is 13.9. The van der Waals surface area contributed by atoms with Crippen LogP contribution in [0.4, 0.5) is 0 Å². The number of benzene rings is 2. The van der Waals surface area contributed by atoms with Gasteiger partial charge < -0.3 is 4.74 Å². The number of hydrogen-bond donors (Lipinski definition) is 0. The molecule has 1 heterocycles. The molecule has 2 aromatic rings. The van der Waals surface area contributed by atoms with Crippen molar-refractivity contribution in [2.45, 2.75) is 4.90 Å². The molecule has 0 aliphatic carbocycles. The smallest absolute Gasteiger partial charge is 0.196 e. The van der Waals surface area contributed by atoms with Gasteiger partial charge in [-0.25, -0.2) is 0 Å². The fourth-order valence-corrected chi connectivity index (χ4v) is 2.59. The zero-order valence-corrected chi connectivity index (χ0v) is 11.9. The Morgan fingerprint density at radius 1 is 1.10 bits per heavy atom. The van der Waals surface area contributed by atoms with Crippen molar-refractivity contribution < 1.29 is 9.53 Å². The molecule has 0 unspecified atom stereocenters. The monoisotopic (exact) mass is 282 g/mol. The van der Waals surface area contributed by atoms with E-state index in [2.05, 4.69) is 12.1 Å². The predicted molar refractivity (Wildman–Crippen MR) is 82.5 cm³/mol. The molecule has 1 aliphatic rings. The van der Waals surface area contributed by atoms with Crippen molar-refractivity contribution in [2.75, 3.05) is 12.9 Å². The normalized spacial score (nSPS) is 15.8. The summed E-state index contributed by atoms with van der Waals surface area (Å²) in [7, 11) is 0. The quantitative estimate of drug-likeness (QED) is 0.613. The van der Waals surface area contributed by atoms with E-state index in [0.717, 1.165) is 5.56 Å². The van der Waals surface area contributed by atoms with Gasteiger partial charge in [-0.2, -0.15) is 0 Å². The van der Waals surface area contributed by atoms with Crippen LogP contribution in [0.1, 0.15) is 15.9 Å². The first-order valence-electron chi connectivity index (χ1n) is 6.39. The van der Waals surface area contributed by atoms with Gasteiger partial charge in [0.05, 0.1) is 5.56 Å². The van der Waals surface area contributed by atoms with Gasteiger partial charge in [0.1, 0.15) is 12.4 Å². The molecule has 0 bridgehead atoms. The maximum atomic E-state index is 12.4. The number of fused-ring (bicyclic) bond motifs is 1. The minimum absolute atomic E-state index is 0.0563. The van der Waals surface area contributed by atoms with E-state index in [0.29, 0.717) is 23.5 Å². The Balaban J connectivity index is 1.91. The summed E-state index contributed by atoms with van der Waals surface area (Å²) in [5.41, 5.74) is 2.36. The van der Waals surface area contributed by atoms with Gasteiger partial charge in [-0.3, -0.25) is 4.79 Å². The van der Waals surface area contributed by atoms with E-state index < -0.39 is 0 Å². The number of carbonyl (C=O) groups excluding carboxylic acids is 1. The molecule has 0 saturated carbocycles. The Labute approximate surface area is 122 Å². The number of ketones is 1. The molecule has 0 amide bonds. The van der Waals surface area contributed by atoms with E-state index in [9.17, 15) is 4.79 Å². The fourth-order valence-electron chi connectivity index (χ4n) is 2.18. The third-order valence-electron chi connectivity index (χ3n) is 3.26. The first kappa shape index (κ1) is 13.0. The van der Waals surface area contributed by atoms with Gasteiger partial charge in [0, 0.05) is 10.5 Å². The van der Waals surface area contributed by atoms with Crippen molar-refractivity contribution in [1.82, 2.24) is 0 Å². The number of ether oxygens (including phenoxy) is 1. The molecule has 0 fully saturated rings. The fraction of sp³-hybridized carbons (Fsp3) is 0.118. The third-order valence-corrected chi connectivity index (χ3v) is 4.01. The van der Waals surface area contributed by atoms with Crippen molar-refractivity contribution in [2.24, 2.45) is 0 Å². The SMILES string of the molecule is CSc1ccc(/C=C2\COc3ccccc3C2=O)cc1. The van der Waals surface area contributed by atoms with Crippen LogP contribution in [-0.2, 0) is 0 Å². The predicted octanol–water partition coefficient (Wildman–Crippen LogP) is 4.07. The third kappa shape index (κ3) is 2.49. The Hall–Kier alpha value is -2.00. The lowest BCUT2D eigenvalue weighted by Crippen LogP contribution is -2.18. The standard InChI is InChI=1S/C17H14O2S/c1-20-14-8-6-12(7-9-14)10-13-11-19-16-5-3-2-4-15(16)17(13)18/h2-10H,11H2,1H3/b13-10+. The summed E-state index contributed by atoms with van der Waals surface area (Å²) in [5, 5.41) is 0. The second kappa shape index (κ2) is 5.55. The van der Waals surface area contributed by atoms with Crippen LogP contribution in [0.2, 0.25) is 0 Å². The molecule has 3 heteroatoms. The van der Waals surface area contributed by atoms with E-state index in [1.165, 1.54) is 4.90 Å². The van der Waals surface area contributed by atoms with Crippen molar-refractivity contribution in [3.05, 3.63) is 65.2 Å². The molecular weight excluding hydrogens is 268 g/mol. The molecule has 1 aliphatic heterocycles. The lowest BCUT2D eigenvalue weighted by Gasteiger charge is -2.18. The largest absolute Gasteiger partial charge is 0.488 e. The van der Waals surface area contributed by atoms with Gasteiger partial charge in [-0.05, 0) is 42.2 Å². The molecule has 3 rings (SSSR count). The molecule has 0 saturated heterocycles. The summed E-state index contributed by atoms with van der Waals surface area (Å²) in [4.78, 5) is 13.6. The van der Waals surface area contributed by atoms with Gasteiger partial charge >= 0.3 is 0 Å². The van der Waals surface area contributed by atoms with Crippen LogP contribution in [-0.4, -0.2) is 18.6 Å². The highest BCUT2D eigenvalue weighted by Gasteiger charge is 2.22. The first-order chi connectivity index (χ1) is 9.78. The van der Waals surface area contributed by atoms with Crippen LogP contribution >= 0.6 is 11.8 Å². The van der Waals surface area contributed by atoms with Crippen LogP contribution in [0, 0.1) is 0 Å². The summed E-state index contributed by atoms with van der Waals surface area (Å²) >= 11 is 1.70. The topological polar surface area (TPSA) is 26.3 Å². The lowest BCUT2D eigenvalue weighted by molar-refractivity contribution is 0.100. The molecule has 0 radical (unpaired) electrons. The maximum Gasteiger partial charge on any atom is 0.196 e. The summed E-state index contributed by atoms with van der Waals surface area (Å²) in [6, 6.07) is 15.5. The molecule has 0 spiro atoms. The Morgan fingerprint density at radius 2 is 1.85 bits per heavy atom. The van der Waals surface area contributed by atoms with E-state index in [1.807, 2.05) is 48.7 Å². The average molecular weight is 282 g/mol. The Kier molecular flexibility index (Phi) is 3.61. The van der Waals surface area contributed by atoms with Crippen LogP contribution in [0.25, 0.3) is 6.08 Å². The van der Waals surface area contributed by atoms with E-state index >= 15 is 0 Å². The minimum Gasteiger partial charge on any atom is -0.488 e. The first-order valence-corrected chi connectivity index (χ1v) is 7.61. The summed E-state index contributed by atoms with van der Waals surface area (Å²) in [6.07, 6.45) is 3.95. The number of para-hydroxylation sites is 1. The van der Waals surface area contributed by atoms with Crippen LogP contribution in [0.5, 0.6) is 5.75 Å². The highest BCUT2D eigenvalue weighted by atomic mass is 32.2. The minimum atomic E-state index is 0.0563. The zero-order valence-electron chi connectivity index (χ0n) is 11.1. The Morgan fingerprint density at radius 3 is 2.60 bits per heavy atom. The Bertz CT molecular complexity index is 672. The number of rotatable bonds is 2. The average Bonchev–Trinajstić information content (AvgIpc) is 2.51. The van der Waals surface area contributed by atoms with Crippen molar-refractivity contribution >= 4 is 23.6 Å². The molecule has 20 heavy (non-hydrogen) atoms. The maximum absolute atomic E-state index is 12.4. The summed E-state index contributed by atoms with van der Waals surface area (Å²) in [6.45, 7) is 0.333. The van der Waals surface area contributed by atoms with Gasteiger partial charge in [0.2, 0.25) is 0 Å². The number of Topliss-reactive ketones (excluding diaryl/α,β-unsaturated/α-hetero) is 1. The van der Waals surface area contributed by atoms with Gasteiger partial charge in [0.25, 0.3) is 0 Å². The summed E-state index contributed by atoms with van der Waals surface area (Å²) < 4.78 is 5.63. The second-order valence-electron chi connectivity index (χ2n) is 4.56. The highest BCUT2D eigenvalue weighted by molar-refractivity contribution is 7.98. The van der Waals surface area contributed by atoms with Gasteiger partial charge in [-0.15, -0.1) is 11.8 Å². The van der Waals surface area contributed by atoms with Crippen molar-refractivity contribution in [3.63, 3.8) is 0 Å². The van der Waals surface area contributed by atoms with Crippen molar-refractivity contribution in [3.8, 4) is 5.75 Å². The van der Waals surface area contributed by atoms with E-state index in [1.54, 1.807) is 11.8 Å². The van der Waals surface area contributed by atoms with Crippen LogP contribution < -0.4 is 4.74 Å². The van der Waals surface area contributed by atoms with Crippen LogP contribution in [0.3, 0.4) is 0 Å². The molecular formula is C17H14O2S. The molecule has 2 nitrogen and oxygen atoms in total. The molecule has 2 aromatic carbocycles. The number of thioether (sulfide) groups is 1. The highest BCUT2D eigenvalue weighted by Crippen LogP contribution is 2.27. The van der Waals surface area contributed by atoms with E-state index in [-0.39, 0.29) is 5.78 Å². The summed E-state index contributed by atoms with van der Waals surface area (Å²) in [5.74, 6) is 0.730. The van der Waals surface area contributed by atoms with Crippen LogP contribution in [0.15, 0.2) is 59.0 Å². The molecule has 0 atom stereocenters. The molecule has 0 N–H and O–H groups in total. The molecule has 100 valence electrons. The number of carbonyl (C=O) groups is 1. The molecule has 0 aromatic heterocycles. The second-order valence-corrected chi connectivity index (χ2v) is 5.44. The van der Waals surface area contributed by atoms with E-state index in [4.69, 9.17) is 4.74 Å². The lowest BCUT2D eigenvalue weighted by atomic mass is 9.98. The van der Waals surface area contributed by atoms with Gasteiger partial charge in [0.15, 0.2) is 5.78 Å². The van der Waals surface area contributed by atoms with Gasteiger partial charge in [-0.1, -0.05) is 24.3 Å².